The van der Waals surface area contributed by atoms with Crippen LogP contribution in [0.2, 0.25) is 0 Å². The van der Waals surface area contributed by atoms with Crippen molar-refractivity contribution in [2.24, 2.45) is 5.92 Å². The Bertz CT molecular complexity index is 347. The molecule has 1 N–H and O–H groups in total. The number of esters is 1. The van der Waals surface area contributed by atoms with Crippen molar-refractivity contribution in [1.29, 1.82) is 0 Å². The van der Waals surface area contributed by atoms with Crippen LogP contribution in [0.5, 0.6) is 0 Å². The molecule has 0 amide bonds. The van der Waals surface area contributed by atoms with E-state index >= 15 is 0 Å². The van der Waals surface area contributed by atoms with Crippen molar-refractivity contribution < 1.29 is 24.1 Å². The third-order valence-corrected chi connectivity index (χ3v) is 3.16. The molecule has 0 aromatic heterocycles. The van der Waals surface area contributed by atoms with Crippen LogP contribution in [0, 0.1) is 5.92 Å². The maximum atomic E-state index is 11.5. The molecule has 1 aliphatic heterocycles. The minimum absolute atomic E-state index is 0.0328. The SMILES string of the molecule is COC(=O)C1=C[C@H]2OC(C)(C)O[C@H]2[C@H](CO)C1. The Morgan fingerprint density at radius 2 is 2.29 bits per heavy atom. The molecule has 0 saturated carbocycles. The number of methoxy groups -OCH3 is 1. The largest absolute Gasteiger partial charge is 0.466 e. The highest BCUT2D eigenvalue weighted by Crippen LogP contribution is 2.38. The molecule has 1 fully saturated rings. The number of ether oxygens (including phenoxy) is 3. The lowest BCUT2D eigenvalue weighted by atomic mass is 9.85. The normalized spacial score (nSPS) is 35.1. The summed E-state index contributed by atoms with van der Waals surface area (Å²) in [4.78, 5) is 11.5. The molecule has 3 atom stereocenters. The van der Waals surface area contributed by atoms with E-state index in [1.807, 2.05) is 13.8 Å². The van der Waals surface area contributed by atoms with Gasteiger partial charge in [-0.15, -0.1) is 0 Å². The second kappa shape index (κ2) is 4.40. The fourth-order valence-electron chi connectivity index (χ4n) is 2.43. The predicted molar refractivity (Wildman–Crippen MR) is 59.1 cm³/mol. The maximum absolute atomic E-state index is 11.5. The number of carbonyl (C=O) groups excluding carboxylic acids is 1. The van der Waals surface area contributed by atoms with Crippen LogP contribution in [-0.2, 0) is 19.0 Å². The Balaban J connectivity index is 2.23. The molecule has 1 heterocycles. The van der Waals surface area contributed by atoms with Crippen LogP contribution < -0.4 is 0 Å². The molecule has 17 heavy (non-hydrogen) atoms. The second-order valence-electron chi connectivity index (χ2n) is 4.90. The van der Waals surface area contributed by atoms with Crippen LogP contribution in [0.25, 0.3) is 0 Å². The van der Waals surface area contributed by atoms with Crippen molar-refractivity contribution in [2.75, 3.05) is 13.7 Å². The molecular formula is C12H18O5. The summed E-state index contributed by atoms with van der Waals surface area (Å²) in [6.45, 7) is 3.62. The second-order valence-corrected chi connectivity index (χ2v) is 4.90. The first-order valence-corrected chi connectivity index (χ1v) is 5.72. The summed E-state index contributed by atoms with van der Waals surface area (Å²) in [5.41, 5.74) is 0.550. The monoisotopic (exact) mass is 242 g/mol. The topological polar surface area (TPSA) is 65.0 Å². The first-order valence-electron chi connectivity index (χ1n) is 5.72. The zero-order chi connectivity index (χ0) is 12.6. The molecule has 5 nitrogen and oxygen atoms in total. The lowest BCUT2D eigenvalue weighted by Gasteiger charge is -2.28. The molecule has 96 valence electrons. The average Bonchev–Trinajstić information content (AvgIpc) is 2.60. The summed E-state index contributed by atoms with van der Waals surface area (Å²) in [7, 11) is 1.35. The van der Waals surface area contributed by atoms with E-state index in [0.29, 0.717) is 12.0 Å². The summed E-state index contributed by atoms with van der Waals surface area (Å²) < 4.78 is 16.1. The van der Waals surface area contributed by atoms with Gasteiger partial charge in [0.25, 0.3) is 0 Å². The van der Waals surface area contributed by atoms with Crippen LogP contribution in [0.4, 0.5) is 0 Å². The molecule has 0 radical (unpaired) electrons. The molecule has 0 spiro atoms. The van der Waals surface area contributed by atoms with Gasteiger partial charge in [-0.1, -0.05) is 0 Å². The summed E-state index contributed by atoms with van der Waals surface area (Å²) in [6.07, 6.45) is 1.73. The van der Waals surface area contributed by atoms with Crippen molar-refractivity contribution in [2.45, 2.75) is 38.3 Å². The van der Waals surface area contributed by atoms with Gasteiger partial charge < -0.3 is 19.3 Å². The first kappa shape index (κ1) is 12.5. The van der Waals surface area contributed by atoms with Gasteiger partial charge in [-0.3, -0.25) is 0 Å². The van der Waals surface area contributed by atoms with E-state index in [9.17, 15) is 9.90 Å². The fraction of sp³-hybridized carbons (Fsp3) is 0.750. The molecule has 1 saturated heterocycles. The van der Waals surface area contributed by atoms with E-state index in [1.165, 1.54) is 7.11 Å². The van der Waals surface area contributed by atoms with Crippen LogP contribution in [0.3, 0.4) is 0 Å². The molecule has 0 bridgehead atoms. The van der Waals surface area contributed by atoms with Gasteiger partial charge in [0.2, 0.25) is 0 Å². The van der Waals surface area contributed by atoms with E-state index < -0.39 is 5.79 Å². The highest BCUT2D eigenvalue weighted by atomic mass is 16.8. The number of aliphatic hydroxyl groups is 1. The summed E-state index contributed by atoms with van der Waals surface area (Å²) in [5.74, 6) is -1.17. The van der Waals surface area contributed by atoms with Crippen molar-refractivity contribution in [3.63, 3.8) is 0 Å². The van der Waals surface area contributed by atoms with Crippen LogP contribution in [0.1, 0.15) is 20.3 Å². The number of aliphatic hydroxyl groups excluding tert-OH is 1. The molecule has 1 aliphatic carbocycles. The highest BCUT2D eigenvalue weighted by molar-refractivity contribution is 5.88. The Morgan fingerprint density at radius 1 is 1.59 bits per heavy atom. The van der Waals surface area contributed by atoms with E-state index in [-0.39, 0.29) is 30.7 Å². The number of hydrogen-bond donors (Lipinski definition) is 1. The Kier molecular flexibility index (Phi) is 3.25. The summed E-state index contributed by atoms with van der Waals surface area (Å²) >= 11 is 0. The maximum Gasteiger partial charge on any atom is 0.333 e. The van der Waals surface area contributed by atoms with Crippen molar-refractivity contribution in [3.8, 4) is 0 Å². The number of fused-ring (bicyclic) bond motifs is 1. The smallest absolute Gasteiger partial charge is 0.333 e. The van der Waals surface area contributed by atoms with E-state index in [2.05, 4.69) is 0 Å². The van der Waals surface area contributed by atoms with Gasteiger partial charge in [0.1, 0.15) is 6.10 Å². The molecule has 0 aromatic carbocycles. The van der Waals surface area contributed by atoms with E-state index in [4.69, 9.17) is 14.2 Å². The average molecular weight is 242 g/mol. The van der Waals surface area contributed by atoms with Crippen LogP contribution in [0.15, 0.2) is 11.6 Å². The number of carbonyl (C=O) groups is 1. The number of hydrogen-bond acceptors (Lipinski definition) is 5. The molecule has 0 unspecified atom stereocenters. The van der Waals surface area contributed by atoms with E-state index in [1.54, 1.807) is 6.08 Å². The van der Waals surface area contributed by atoms with Gasteiger partial charge in [-0.05, 0) is 26.3 Å². The zero-order valence-corrected chi connectivity index (χ0v) is 10.3. The predicted octanol–water partition coefficient (Wildman–Crippen LogP) is 0.618. The van der Waals surface area contributed by atoms with E-state index in [0.717, 1.165) is 0 Å². The van der Waals surface area contributed by atoms with Gasteiger partial charge >= 0.3 is 5.97 Å². The van der Waals surface area contributed by atoms with Crippen molar-refractivity contribution in [1.82, 2.24) is 0 Å². The molecular weight excluding hydrogens is 224 g/mol. The summed E-state index contributed by atoms with van der Waals surface area (Å²) in [5, 5.41) is 9.37. The third kappa shape index (κ3) is 2.36. The Labute approximate surface area is 100 Å². The molecule has 2 rings (SSSR count). The zero-order valence-electron chi connectivity index (χ0n) is 10.3. The minimum Gasteiger partial charge on any atom is -0.466 e. The number of rotatable bonds is 2. The molecule has 5 heteroatoms. The minimum atomic E-state index is -0.676. The Morgan fingerprint density at radius 3 is 2.88 bits per heavy atom. The van der Waals surface area contributed by atoms with Gasteiger partial charge in [-0.2, -0.15) is 0 Å². The lowest BCUT2D eigenvalue weighted by Crippen LogP contribution is -2.37. The Hall–Kier alpha value is -0.910. The molecule has 2 aliphatic rings. The molecule has 0 aromatic rings. The third-order valence-electron chi connectivity index (χ3n) is 3.16. The lowest BCUT2D eigenvalue weighted by molar-refractivity contribution is -0.148. The standard InChI is InChI=1S/C12H18O5/c1-12(2)16-9-5-7(11(14)15-3)4-8(6-13)10(9)17-12/h5,8-10,13H,4,6H2,1-3H3/t8-,9+,10-/m0/s1. The van der Waals surface area contributed by atoms with Gasteiger partial charge in [-0.25, -0.2) is 4.79 Å². The van der Waals surface area contributed by atoms with Crippen molar-refractivity contribution in [3.05, 3.63) is 11.6 Å². The first-order chi connectivity index (χ1) is 7.96. The van der Waals surface area contributed by atoms with Gasteiger partial charge in [0, 0.05) is 18.1 Å². The van der Waals surface area contributed by atoms with Gasteiger partial charge in [0.15, 0.2) is 5.79 Å². The van der Waals surface area contributed by atoms with Crippen LogP contribution >= 0.6 is 0 Å². The fourth-order valence-corrected chi connectivity index (χ4v) is 2.43. The van der Waals surface area contributed by atoms with Gasteiger partial charge in [0.05, 0.1) is 13.2 Å². The summed E-state index contributed by atoms with van der Waals surface area (Å²) in [6, 6.07) is 0. The van der Waals surface area contributed by atoms with Crippen LogP contribution in [-0.4, -0.2) is 42.8 Å². The highest BCUT2D eigenvalue weighted by Gasteiger charge is 2.47. The quantitative estimate of drug-likeness (QED) is 0.719. The van der Waals surface area contributed by atoms with Crippen molar-refractivity contribution >= 4 is 5.97 Å².